The van der Waals surface area contributed by atoms with Crippen LogP contribution in [0.15, 0.2) is 0 Å². The van der Waals surface area contributed by atoms with Gasteiger partial charge in [-0.25, -0.2) is 4.98 Å². The van der Waals surface area contributed by atoms with Gasteiger partial charge in [0.1, 0.15) is 0 Å². The molecule has 2 saturated carbocycles. The molecule has 4 nitrogen and oxygen atoms in total. The highest BCUT2D eigenvalue weighted by Gasteiger charge is 2.32. The summed E-state index contributed by atoms with van der Waals surface area (Å²) in [4.78, 5) is 8.92. The lowest BCUT2D eigenvalue weighted by Gasteiger charge is -2.35. The molecular weight excluding hydrogens is 282 g/mol. The van der Waals surface area contributed by atoms with Gasteiger partial charge in [-0.1, -0.05) is 0 Å². The fourth-order valence-corrected chi connectivity index (χ4v) is 4.26. The van der Waals surface area contributed by atoms with Crippen LogP contribution in [0.3, 0.4) is 0 Å². The molecule has 2 aliphatic carbocycles. The van der Waals surface area contributed by atoms with Crippen LogP contribution in [-0.4, -0.2) is 36.3 Å². The van der Waals surface area contributed by atoms with Gasteiger partial charge in [0.2, 0.25) is 0 Å². The van der Waals surface area contributed by atoms with Crippen LogP contribution in [0.1, 0.15) is 56.0 Å². The van der Waals surface area contributed by atoms with Crippen molar-refractivity contribution in [1.82, 2.24) is 10.3 Å². The van der Waals surface area contributed by atoms with Crippen molar-refractivity contribution in [3.63, 3.8) is 0 Å². The largest absolute Gasteiger partial charge is 0.372 e. The first-order valence-corrected chi connectivity index (χ1v) is 9.14. The monoisotopic (exact) mass is 307 g/mol. The summed E-state index contributed by atoms with van der Waals surface area (Å²) in [5, 5.41) is 4.87. The van der Waals surface area contributed by atoms with E-state index in [1.165, 1.54) is 41.4 Å². The zero-order valence-corrected chi connectivity index (χ0v) is 13.8. The Morgan fingerprint density at radius 2 is 1.90 bits per heavy atom. The minimum absolute atomic E-state index is 0.301. The first-order chi connectivity index (χ1) is 10.2. The first kappa shape index (κ1) is 14.0. The van der Waals surface area contributed by atoms with E-state index in [-0.39, 0.29) is 0 Å². The minimum atomic E-state index is 0.301. The van der Waals surface area contributed by atoms with Gasteiger partial charge in [-0.3, -0.25) is 0 Å². The molecule has 5 heteroatoms. The Bertz CT molecular complexity index is 500. The lowest BCUT2D eigenvalue weighted by Crippen LogP contribution is -2.45. The van der Waals surface area contributed by atoms with Gasteiger partial charge in [-0.05, 0) is 39.5 Å². The van der Waals surface area contributed by atoms with E-state index >= 15 is 0 Å². The van der Waals surface area contributed by atoms with Gasteiger partial charge in [-0.15, -0.1) is 11.3 Å². The number of anilines is 1. The van der Waals surface area contributed by atoms with Crippen LogP contribution < -0.4 is 10.2 Å². The molecule has 1 aliphatic heterocycles. The molecule has 1 N–H and O–H groups in total. The number of aromatic nitrogens is 1. The van der Waals surface area contributed by atoms with Crippen LogP contribution in [0.25, 0.3) is 0 Å². The Morgan fingerprint density at radius 1 is 1.19 bits per heavy atom. The summed E-state index contributed by atoms with van der Waals surface area (Å²) < 4.78 is 5.84. The number of nitrogens with one attached hydrogen (secondary N) is 1. The summed E-state index contributed by atoms with van der Waals surface area (Å²) in [7, 11) is 0. The molecule has 2 heterocycles. The molecule has 0 aromatic carbocycles. The van der Waals surface area contributed by atoms with Gasteiger partial charge in [-0.2, -0.15) is 0 Å². The predicted octanol–water partition coefficient (Wildman–Crippen LogP) is 2.89. The Balaban J connectivity index is 1.52. The number of hydrogen-bond donors (Lipinski definition) is 1. The summed E-state index contributed by atoms with van der Waals surface area (Å²) in [6.07, 6.45) is 5.96. The molecule has 1 saturated heterocycles. The molecule has 4 rings (SSSR count). The molecule has 1 aromatic rings. The molecule has 0 amide bonds. The van der Waals surface area contributed by atoms with Crippen molar-refractivity contribution in [2.24, 2.45) is 0 Å². The van der Waals surface area contributed by atoms with Crippen molar-refractivity contribution in [3.05, 3.63) is 10.6 Å². The van der Waals surface area contributed by atoms with Crippen molar-refractivity contribution in [3.8, 4) is 0 Å². The van der Waals surface area contributed by atoms with Crippen LogP contribution in [0.2, 0.25) is 0 Å². The van der Waals surface area contributed by atoms with Crippen LogP contribution >= 0.6 is 11.3 Å². The predicted molar refractivity (Wildman–Crippen MR) is 86.2 cm³/mol. The lowest BCUT2D eigenvalue weighted by atomic mass is 10.2. The zero-order chi connectivity index (χ0) is 14.4. The molecule has 3 aliphatic rings. The molecule has 0 radical (unpaired) electrons. The van der Waals surface area contributed by atoms with Gasteiger partial charge in [0.25, 0.3) is 0 Å². The summed E-state index contributed by atoms with van der Waals surface area (Å²) in [5.41, 5.74) is 1.38. The maximum atomic E-state index is 5.84. The van der Waals surface area contributed by atoms with Crippen molar-refractivity contribution in [2.75, 3.05) is 18.0 Å². The van der Waals surface area contributed by atoms with Crippen LogP contribution in [-0.2, 0) is 11.3 Å². The average Bonchev–Trinajstić information content (AvgIpc) is 3.34. The molecule has 2 atom stereocenters. The Kier molecular flexibility index (Phi) is 3.67. The number of nitrogens with zero attached hydrogens (tertiary/aromatic N) is 2. The molecule has 0 unspecified atom stereocenters. The third-order valence-corrected chi connectivity index (χ3v) is 5.63. The number of morpholine rings is 1. The first-order valence-electron chi connectivity index (χ1n) is 8.32. The topological polar surface area (TPSA) is 37.4 Å². The van der Waals surface area contributed by atoms with E-state index in [9.17, 15) is 0 Å². The van der Waals surface area contributed by atoms with Crippen LogP contribution in [0.5, 0.6) is 0 Å². The maximum Gasteiger partial charge on any atom is 0.186 e. The second-order valence-corrected chi connectivity index (χ2v) is 7.96. The Labute approximate surface area is 130 Å². The molecule has 1 aromatic heterocycles. The van der Waals surface area contributed by atoms with Gasteiger partial charge in [0.05, 0.1) is 17.9 Å². The molecular formula is C16H25N3OS. The number of thiazole rings is 1. The van der Waals surface area contributed by atoms with Gasteiger partial charge < -0.3 is 15.0 Å². The Morgan fingerprint density at radius 3 is 2.52 bits per heavy atom. The third-order valence-electron chi connectivity index (χ3n) is 4.50. The zero-order valence-electron chi connectivity index (χ0n) is 13.0. The maximum absolute atomic E-state index is 5.84. The standard InChI is InChI=1S/C16H25N3OS/c1-10-8-19(9-11(2)20-10)16-18-15(12-3-4-12)14(21-16)7-17-13-5-6-13/h10-13,17H,3-9H2,1-2H3/t10-,11+. The van der Waals surface area contributed by atoms with E-state index in [4.69, 9.17) is 9.72 Å². The minimum Gasteiger partial charge on any atom is -0.372 e. The SMILES string of the molecule is C[C@@H]1CN(c2nc(C3CC3)c(CNC3CC3)s2)C[C@H](C)O1. The van der Waals surface area contributed by atoms with E-state index in [0.29, 0.717) is 12.2 Å². The molecule has 21 heavy (non-hydrogen) atoms. The van der Waals surface area contributed by atoms with Crippen molar-refractivity contribution >= 4 is 16.5 Å². The van der Waals surface area contributed by atoms with Crippen LogP contribution in [0, 0.1) is 0 Å². The quantitative estimate of drug-likeness (QED) is 0.907. The summed E-state index contributed by atoms with van der Waals surface area (Å²) >= 11 is 1.90. The van der Waals surface area contributed by atoms with E-state index < -0.39 is 0 Å². The summed E-state index contributed by atoms with van der Waals surface area (Å²) in [5.74, 6) is 0.738. The van der Waals surface area contributed by atoms with E-state index in [1.54, 1.807) is 0 Å². The molecule has 0 spiro atoms. The average molecular weight is 307 g/mol. The highest BCUT2D eigenvalue weighted by atomic mass is 32.1. The molecule has 0 bridgehead atoms. The second kappa shape index (κ2) is 5.52. The number of hydrogen-bond acceptors (Lipinski definition) is 5. The molecule has 116 valence electrons. The highest BCUT2D eigenvalue weighted by Crippen LogP contribution is 2.44. The van der Waals surface area contributed by atoms with Gasteiger partial charge in [0.15, 0.2) is 5.13 Å². The second-order valence-electron chi connectivity index (χ2n) is 6.90. The fraction of sp³-hybridized carbons (Fsp3) is 0.812. The highest BCUT2D eigenvalue weighted by molar-refractivity contribution is 7.15. The van der Waals surface area contributed by atoms with Gasteiger partial charge in [0, 0.05) is 36.5 Å². The van der Waals surface area contributed by atoms with Crippen LogP contribution in [0.4, 0.5) is 5.13 Å². The van der Waals surface area contributed by atoms with Crippen molar-refractivity contribution in [2.45, 2.75) is 70.2 Å². The van der Waals surface area contributed by atoms with Crippen molar-refractivity contribution < 1.29 is 4.74 Å². The Hall–Kier alpha value is -0.650. The van der Waals surface area contributed by atoms with E-state index in [2.05, 4.69) is 24.1 Å². The summed E-state index contributed by atoms with van der Waals surface area (Å²) in [6, 6.07) is 0.769. The van der Waals surface area contributed by atoms with Crippen molar-refractivity contribution in [1.29, 1.82) is 0 Å². The smallest absolute Gasteiger partial charge is 0.186 e. The normalized spacial score (nSPS) is 29.9. The van der Waals surface area contributed by atoms with E-state index in [1.807, 2.05) is 11.3 Å². The lowest BCUT2D eigenvalue weighted by molar-refractivity contribution is -0.00523. The molecule has 3 fully saturated rings. The van der Waals surface area contributed by atoms with E-state index in [0.717, 1.165) is 31.6 Å². The number of ether oxygens (including phenoxy) is 1. The van der Waals surface area contributed by atoms with Gasteiger partial charge >= 0.3 is 0 Å². The third kappa shape index (κ3) is 3.25. The summed E-state index contributed by atoms with van der Waals surface area (Å²) in [6.45, 7) is 7.28. The fourth-order valence-electron chi connectivity index (χ4n) is 3.15. The number of rotatable bonds is 5.